The van der Waals surface area contributed by atoms with E-state index in [0.717, 1.165) is 22.0 Å². The second-order valence-corrected chi connectivity index (χ2v) is 9.64. The summed E-state index contributed by atoms with van der Waals surface area (Å²) >= 11 is 2.78. The van der Waals surface area contributed by atoms with E-state index in [1.807, 2.05) is 26.2 Å². The largest absolute Gasteiger partial charge is 0.329 e. The molecule has 0 aromatic carbocycles. The average Bonchev–Trinajstić information content (AvgIpc) is 3.05. The molecule has 0 spiro atoms. The Morgan fingerprint density at radius 1 is 1.36 bits per heavy atom. The minimum Gasteiger partial charge on any atom is -0.329 e. The number of nitrogens with two attached hydrogens (primary N) is 1. The predicted molar refractivity (Wildman–Crippen MR) is 92.8 cm³/mol. The second kappa shape index (κ2) is 7.18. The quantitative estimate of drug-likeness (QED) is 0.796. The lowest BCUT2D eigenvalue weighted by Gasteiger charge is -2.18. The summed E-state index contributed by atoms with van der Waals surface area (Å²) in [5.74, 6) is 0.383. The smallest absolute Gasteiger partial charge is 0.250 e. The number of hydrogen-bond acceptors (Lipinski definition) is 6. The van der Waals surface area contributed by atoms with Crippen molar-refractivity contribution in [3.05, 3.63) is 22.5 Å². The molecule has 2 aromatic heterocycles. The molecule has 0 bridgehead atoms. The first kappa shape index (κ1) is 17.6. The fraction of sp³-hybridized carbons (Fsp3) is 0.500. The highest BCUT2D eigenvalue weighted by Gasteiger charge is 2.22. The zero-order valence-corrected chi connectivity index (χ0v) is 15.3. The third-order valence-corrected chi connectivity index (χ3v) is 6.97. The molecule has 0 fully saturated rings. The maximum absolute atomic E-state index is 12.5. The fourth-order valence-electron chi connectivity index (χ4n) is 2.12. The summed E-state index contributed by atoms with van der Waals surface area (Å²) < 4.78 is 27.9. The Morgan fingerprint density at radius 2 is 2.09 bits per heavy atom. The molecule has 3 N–H and O–H groups in total. The molecule has 0 aliphatic heterocycles. The van der Waals surface area contributed by atoms with Gasteiger partial charge in [0.25, 0.3) is 0 Å². The molecule has 1 unspecified atom stereocenters. The molecule has 2 aromatic rings. The SMILES string of the molecule is Cc1nc(-c2ccc(S(=O)(=O)NC(CN)CC(C)C)s2)cs1. The van der Waals surface area contributed by atoms with Gasteiger partial charge in [-0.2, -0.15) is 0 Å². The molecule has 0 aliphatic carbocycles. The Balaban J connectivity index is 2.18. The number of aryl methyl sites for hydroxylation is 1. The molecule has 122 valence electrons. The zero-order chi connectivity index (χ0) is 16.3. The number of nitrogens with one attached hydrogen (secondary N) is 1. The lowest BCUT2D eigenvalue weighted by atomic mass is 10.1. The lowest BCUT2D eigenvalue weighted by Crippen LogP contribution is -2.40. The summed E-state index contributed by atoms with van der Waals surface area (Å²) in [5.41, 5.74) is 6.50. The molecule has 2 rings (SSSR count). The van der Waals surface area contributed by atoms with Crippen molar-refractivity contribution in [2.24, 2.45) is 11.7 Å². The van der Waals surface area contributed by atoms with Gasteiger partial charge in [0, 0.05) is 18.0 Å². The maximum Gasteiger partial charge on any atom is 0.250 e. The second-order valence-electron chi connectivity index (χ2n) is 5.55. The Labute approximate surface area is 139 Å². The van der Waals surface area contributed by atoms with Crippen LogP contribution in [0, 0.1) is 12.8 Å². The van der Waals surface area contributed by atoms with E-state index in [0.29, 0.717) is 16.7 Å². The Kier molecular flexibility index (Phi) is 5.73. The van der Waals surface area contributed by atoms with Crippen molar-refractivity contribution in [1.29, 1.82) is 0 Å². The third kappa shape index (κ3) is 4.36. The van der Waals surface area contributed by atoms with Crippen LogP contribution in [0.3, 0.4) is 0 Å². The molecule has 0 aliphatic rings. The van der Waals surface area contributed by atoms with Crippen LogP contribution in [-0.2, 0) is 10.0 Å². The number of sulfonamides is 1. The van der Waals surface area contributed by atoms with Gasteiger partial charge in [-0.1, -0.05) is 13.8 Å². The minimum atomic E-state index is -3.53. The van der Waals surface area contributed by atoms with Gasteiger partial charge >= 0.3 is 0 Å². The Morgan fingerprint density at radius 3 is 2.64 bits per heavy atom. The summed E-state index contributed by atoms with van der Waals surface area (Å²) in [7, 11) is -3.53. The van der Waals surface area contributed by atoms with E-state index < -0.39 is 10.0 Å². The summed E-state index contributed by atoms with van der Waals surface area (Å²) in [6, 6.07) is 3.19. The van der Waals surface area contributed by atoms with Crippen LogP contribution in [-0.4, -0.2) is 26.0 Å². The highest BCUT2D eigenvalue weighted by atomic mass is 32.2. The molecule has 0 radical (unpaired) electrons. The van der Waals surface area contributed by atoms with Crippen LogP contribution >= 0.6 is 22.7 Å². The number of thiazole rings is 1. The van der Waals surface area contributed by atoms with Gasteiger partial charge in [0.05, 0.1) is 15.6 Å². The van der Waals surface area contributed by atoms with E-state index in [-0.39, 0.29) is 6.04 Å². The first-order valence-electron chi connectivity index (χ1n) is 7.06. The van der Waals surface area contributed by atoms with Crippen LogP contribution in [0.4, 0.5) is 0 Å². The van der Waals surface area contributed by atoms with Crippen molar-refractivity contribution < 1.29 is 8.42 Å². The first-order valence-corrected chi connectivity index (χ1v) is 10.2. The summed E-state index contributed by atoms with van der Waals surface area (Å²) in [6.45, 7) is 6.31. The van der Waals surface area contributed by atoms with E-state index in [1.54, 1.807) is 23.5 Å². The molecule has 0 saturated carbocycles. The van der Waals surface area contributed by atoms with Crippen molar-refractivity contribution in [2.45, 2.75) is 37.4 Å². The van der Waals surface area contributed by atoms with Gasteiger partial charge in [-0.25, -0.2) is 18.1 Å². The topological polar surface area (TPSA) is 85.1 Å². The van der Waals surface area contributed by atoms with Crippen LogP contribution in [0.1, 0.15) is 25.3 Å². The predicted octanol–water partition coefficient (Wildman–Crippen LogP) is 2.83. The van der Waals surface area contributed by atoms with Crippen molar-refractivity contribution in [3.63, 3.8) is 0 Å². The van der Waals surface area contributed by atoms with E-state index >= 15 is 0 Å². The van der Waals surface area contributed by atoms with Gasteiger partial charge < -0.3 is 5.73 Å². The van der Waals surface area contributed by atoms with Crippen LogP contribution in [0.15, 0.2) is 21.7 Å². The normalized spacial score (nSPS) is 13.7. The van der Waals surface area contributed by atoms with Gasteiger partial charge in [-0.15, -0.1) is 22.7 Å². The number of aromatic nitrogens is 1. The maximum atomic E-state index is 12.5. The third-order valence-electron chi connectivity index (χ3n) is 3.08. The summed E-state index contributed by atoms with van der Waals surface area (Å²) in [4.78, 5) is 5.25. The van der Waals surface area contributed by atoms with Crippen LogP contribution in [0.25, 0.3) is 10.6 Å². The highest BCUT2D eigenvalue weighted by molar-refractivity contribution is 7.91. The van der Waals surface area contributed by atoms with Crippen molar-refractivity contribution >= 4 is 32.7 Å². The molecule has 0 amide bonds. The van der Waals surface area contributed by atoms with Gasteiger partial charge in [-0.05, 0) is 31.4 Å². The first-order chi connectivity index (χ1) is 10.3. The van der Waals surface area contributed by atoms with Gasteiger partial charge in [0.15, 0.2) is 0 Å². The highest BCUT2D eigenvalue weighted by Crippen LogP contribution is 2.31. The van der Waals surface area contributed by atoms with Crippen LogP contribution in [0.5, 0.6) is 0 Å². The Bertz CT molecular complexity index is 719. The van der Waals surface area contributed by atoms with Gasteiger partial charge in [0.2, 0.25) is 10.0 Å². The van der Waals surface area contributed by atoms with E-state index in [4.69, 9.17) is 5.73 Å². The van der Waals surface area contributed by atoms with E-state index in [2.05, 4.69) is 9.71 Å². The zero-order valence-electron chi connectivity index (χ0n) is 12.9. The minimum absolute atomic E-state index is 0.239. The standard InChI is InChI=1S/C14H21N3O2S3/c1-9(2)6-11(7-15)17-22(18,19)14-5-4-13(21-14)12-8-20-10(3)16-12/h4-5,8-9,11,17H,6-7,15H2,1-3H3. The number of thiophene rings is 1. The molecule has 8 heteroatoms. The number of hydrogen-bond donors (Lipinski definition) is 2. The molecule has 1 atom stereocenters. The van der Waals surface area contributed by atoms with E-state index in [1.165, 1.54) is 11.3 Å². The Hall–Kier alpha value is -0.800. The molecular formula is C14H21N3O2S3. The fourth-order valence-corrected chi connectivity index (χ4v) is 5.35. The summed E-state index contributed by atoms with van der Waals surface area (Å²) in [6.07, 6.45) is 0.721. The summed E-state index contributed by atoms with van der Waals surface area (Å²) in [5, 5.41) is 2.90. The molecule has 22 heavy (non-hydrogen) atoms. The van der Waals surface area contributed by atoms with Crippen molar-refractivity contribution in [2.75, 3.05) is 6.54 Å². The molecule has 5 nitrogen and oxygen atoms in total. The van der Waals surface area contributed by atoms with Crippen LogP contribution in [0.2, 0.25) is 0 Å². The van der Waals surface area contributed by atoms with Crippen molar-refractivity contribution in [1.82, 2.24) is 9.71 Å². The van der Waals surface area contributed by atoms with Gasteiger partial charge in [0.1, 0.15) is 4.21 Å². The molecule has 0 saturated heterocycles. The monoisotopic (exact) mass is 359 g/mol. The van der Waals surface area contributed by atoms with E-state index in [9.17, 15) is 8.42 Å². The molecular weight excluding hydrogens is 338 g/mol. The lowest BCUT2D eigenvalue weighted by molar-refractivity contribution is 0.465. The van der Waals surface area contributed by atoms with Gasteiger partial charge in [-0.3, -0.25) is 0 Å². The molecule has 2 heterocycles. The number of nitrogens with zero attached hydrogens (tertiary/aromatic N) is 1. The van der Waals surface area contributed by atoms with Crippen LogP contribution < -0.4 is 10.5 Å². The number of rotatable bonds is 7. The average molecular weight is 360 g/mol. The van der Waals surface area contributed by atoms with Crippen molar-refractivity contribution in [3.8, 4) is 10.6 Å².